The highest BCUT2D eigenvalue weighted by atomic mass is 15.2. The van der Waals surface area contributed by atoms with Crippen LogP contribution in [0, 0.1) is 0 Å². The van der Waals surface area contributed by atoms with E-state index in [1.807, 2.05) is 6.92 Å². The number of hydrogen-bond acceptors (Lipinski definition) is 5. The summed E-state index contributed by atoms with van der Waals surface area (Å²) in [6.45, 7) is 2.47. The van der Waals surface area contributed by atoms with Crippen LogP contribution in [0.4, 0.5) is 17.3 Å². The summed E-state index contributed by atoms with van der Waals surface area (Å²) >= 11 is 0. The number of nitrogen functional groups attached to an aromatic ring is 2. The number of nitrogens with one attached hydrogen (secondary N) is 1. The van der Waals surface area contributed by atoms with Crippen molar-refractivity contribution < 1.29 is 0 Å². The molecule has 5 N–H and O–H groups in total. The summed E-state index contributed by atoms with van der Waals surface area (Å²) in [7, 11) is 0. The molecular weight excluding hydrogens is 144 g/mol. The Hall–Kier alpha value is -1.59. The summed E-state index contributed by atoms with van der Waals surface area (Å²) in [6.07, 6.45) is 0. The van der Waals surface area contributed by atoms with E-state index in [9.17, 15) is 0 Å². The summed E-state index contributed by atoms with van der Waals surface area (Å²) in [6, 6.07) is 0. The van der Waals surface area contributed by atoms with Crippen molar-refractivity contribution >= 4 is 17.3 Å². The van der Waals surface area contributed by atoms with Gasteiger partial charge in [-0.2, -0.15) is 10.2 Å². The molecule has 6 nitrogen and oxygen atoms in total. The molecule has 1 aromatic rings. The second-order valence-electron chi connectivity index (χ2n) is 1.93. The molecule has 0 amide bonds. The molecule has 60 valence electrons. The van der Waals surface area contributed by atoms with E-state index < -0.39 is 0 Å². The average molecular weight is 154 g/mol. The van der Waals surface area contributed by atoms with E-state index in [1.165, 1.54) is 0 Å². The van der Waals surface area contributed by atoms with Crippen molar-refractivity contribution in [2.24, 2.45) is 10.2 Å². The monoisotopic (exact) mass is 154 g/mol. The molecule has 11 heavy (non-hydrogen) atoms. The average Bonchev–Trinajstić information content (AvgIpc) is 2.29. The van der Waals surface area contributed by atoms with E-state index in [0.29, 0.717) is 18.1 Å². The Balaban J connectivity index is 2.92. The summed E-state index contributed by atoms with van der Waals surface area (Å²) in [5, 5.41) is 13.6. The number of aromatic amines is 1. The van der Waals surface area contributed by atoms with Crippen molar-refractivity contribution in [1.29, 1.82) is 0 Å². The minimum absolute atomic E-state index is 0.278. The van der Waals surface area contributed by atoms with E-state index >= 15 is 0 Å². The molecule has 0 radical (unpaired) electrons. The number of nitrogens with zero attached hydrogens (tertiary/aromatic N) is 3. The van der Waals surface area contributed by atoms with Crippen molar-refractivity contribution in [1.82, 2.24) is 10.2 Å². The smallest absolute Gasteiger partial charge is 0.175 e. The van der Waals surface area contributed by atoms with Crippen LogP contribution in [0.1, 0.15) is 6.92 Å². The van der Waals surface area contributed by atoms with Gasteiger partial charge in [0, 0.05) is 0 Å². The molecule has 6 heteroatoms. The first kappa shape index (κ1) is 7.52. The minimum Gasteiger partial charge on any atom is -0.382 e. The quantitative estimate of drug-likeness (QED) is 0.545. The molecule has 0 unspecified atom stereocenters. The molecule has 0 bridgehead atoms. The topological polar surface area (TPSA) is 105 Å². The molecule has 0 saturated carbocycles. The molecule has 0 aliphatic carbocycles. The predicted octanol–water partition coefficient (Wildman–Crippen LogP) is 0.678. The largest absolute Gasteiger partial charge is 0.382 e. The first-order valence-electron chi connectivity index (χ1n) is 3.22. The molecule has 0 aromatic carbocycles. The van der Waals surface area contributed by atoms with E-state index in [0.717, 1.165) is 0 Å². The number of azo groups is 1. The van der Waals surface area contributed by atoms with Gasteiger partial charge in [-0.25, -0.2) is 0 Å². The zero-order valence-corrected chi connectivity index (χ0v) is 6.20. The van der Waals surface area contributed by atoms with Crippen molar-refractivity contribution in [3.8, 4) is 0 Å². The molecule has 0 aliphatic heterocycles. The molecule has 0 saturated heterocycles. The van der Waals surface area contributed by atoms with Crippen LogP contribution in [-0.2, 0) is 0 Å². The third-order valence-electron chi connectivity index (χ3n) is 1.11. The predicted molar refractivity (Wildman–Crippen MR) is 42.5 cm³/mol. The highest BCUT2D eigenvalue weighted by Crippen LogP contribution is 2.25. The highest BCUT2D eigenvalue weighted by molar-refractivity contribution is 5.69. The number of H-pyrrole nitrogens is 1. The lowest BCUT2D eigenvalue weighted by molar-refractivity contribution is 1.01. The van der Waals surface area contributed by atoms with Crippen LogP contribution in [-0.4, -0.2) is 16.7 Å². The standard InChI is InChI=1S/C5H10N6/c1-2-8-9-3-4(6)10-11-5(3)7/h2H2,1H3,(H5,6,7,10,11). The number of anilines is 2. The summed E-state index contributed by atoms with van der Waals surface area (Å²) in [4.78, 5) is 0. The Bertz CT molecular complexity index is 242. The van der Waals surface area contributed by atoms with Crippen molar-refractivity contribution in [2.75, 3.05) is 18.0 Å². The molecule has 0 fully saturated rings. The molecule has 1 rings (SSSR count). The molecule has 0 aliphatic rings. The summed E-state index contributed by atoms with van der Waals surface area (Å²) < 4.78 is 0. The van der Waals surface area contributed by atoms with Crippen LogP contribution >= 0.6 is 0 Å². The Morgan fingerprint density at radius 2 is 2.27 bits per heavy atom. The molecule has 1 heterocycles. The number of aromatic nitrogens is 2. The van der Waals surface area contributed by atoms with Crippen LogP contribution < -0.4 is 11.5 Å². The van der Waals surface area contributed by atoms with Gasteiger partial charge in [0.25, 0.3) is 0 Å². The van der Waals surface area contributed by atoms with E-state index in [-0.39, 0.29) is 5.82 Å². The lowest BCUT2D eigenvalue weighted by Crippen LogP contribution is -1.84. The van der Waals surface area contributed by atoms with Gasteiger partial charge in [0.2, 0.25) is 0 Å². The van der Waals surface area contributed by atoms with Gasteiger partial charge >= 0.3 is 0 Å². The number of nitrogens with two attached hydrogens (primary N) is 2. The Kier molecular flexibility index (Phi) is 2.05. The van der Waals surface area contributed by atoms with Gasteiger partial charge in [-0.15, -0.1) is 5.11 Å². The third kappa shape index (κ3) is 1.46. The van der Waals surface area contributed by atoms with Crippen LogP contribution in [0.2, 0.25) is 0 Å². The maximum atomic E-state index is 5.43. The van der Waals surface area contributed by atoms with Gasteiger partial charge in [0.1, 0.15) is 5.82 Å². The molecule has 0 atom stereocenters. The Morgan fingerprint density at radius 1 is 1.55 bits per heavy atom. The van der Waals surface area contributed by atoms with Crippen molar-refractivity contribution in [2.45, 2.75) is 6.92 Å². The first-order chi connectivity index (χ1) is 5.25. The van der Waals surface area contributed by atoms with Gasteiger partial charge in [-0.05, 0) is 6.92 Å². The fourth-order valence-corrected chi connectivity index (χ4v) is 0.611. The van der Waals surface area contributed by atoms with Crippen LogP contribution in [0.15, 0.2) is 10.2 Å². The number of rotatable bonds is 2. The van der Waals surface area contributed by atoms with Crippen LogP contribution in [0.25, 0.3) is 0 Å². The normalized spacial score (nSPS) is 11.0. The summed E-state index contributed by atoms with van der Waals surface area (Å²) in [5.74, 6) is 0.624. The highest BCUT2D eigenvalue weighted by Gasteiger charge is 2.05. The lowest BCUT2D eigenvalue weighted by atomic mass is 10.5. The maximum Gasteiger partial charge on any atom is 0.175 e. The molecule has 1 aromatic heterocycles. The first-order valence-corrected chi connectivity index (χ1v) is 3.22. The molecular formula is C5H10N6. The van der Waals surface area contributed by atoms with Gasteiger partial charge in [0.15, 0.2) is 11.5 Å². The van der Waals surface area contributed by atoms with E-state index in [2.05, 4.69) is 20.4 Å². The van der Waals surface area contributed by atoms with Gasteiger partial charge in [0.05, 0.1) is 6.54 Å². The fourth-order valence-electron chi connectivity index (χ4n) is 0.611. The zero-order chi connectivity index (χ0) is 8.27. The summed E-state index contributed by atoms with van der Waals surface area (Å²) in [5.41, 5.74) is 11.3. The fraction of sp³-hybridized carbons (Fsp3) is 0.400. The second-order valence-corrected chi connectivity index (χ2v) is 1.93. The van der Waals surface area contributed by atoms with Gasteiger partial charge < -0.3 is 11.5 Å². The Morgan fingerprint density at radius 3 is 2.73 bits per heavy atom. The maximum absolute atomic E-state index is 5.43. The van der Waals surface area contributed by atoms with Crippen molar-refractivity contribution in [3.63, 3.8) is 0 Å². The zero-order valence-electron chi connectivity index (χ0n) is 6.20. The lowest BCUT2D eigenvalue weighted by Gasteiger charge is -1.87. The minimum atomic E-state index is 0.278. The van der Waals surface area contributed by atoms with Gasteiger partial charge in [-0.3, -0.25) is 5.10 Å². The van der Waals surface area contributed by atoms with E-state index in [1.54, 1.807) is 0 Å². The van der Waals surface area contributed by atoms with E-state index in [4.69, 9.17) is 11.5 Å². The van der Waals surface area contributed by atoms with Gasteiger partial charge in [-0.1, -0.05) is 0 Å². The van der Waals surface area contributed by atoms with Crippen LogP contribution in [0.3, 0.4) is 0 Å². The SMILES string of the molecule is CCN=Nc1c(N)n[nH]c1N. The Labute approximate surface area is 63.7 Å². The second kappa shape index (κ2) is 3.00. The van der Waals surface area contributed by atoms with Crippen molar-refractivity contribution in [3.05, 3.63) is 0 Å². The van der Waals surface area contributed by atoms with Crippen LogP contribution in [0.5, 0.6) is 0 Å². The number of hydrogen-bond donors (Lipinski definition) is 3. The third-order valence-corrected chi connectivity index (χ3v) is 1.11. The molecule has 0 spiro atoms.